The highest BCUT2D eigenvalue weighted by Crippen LogP contribution is 2.25. The molecular formula is C17H14BrN3O4S. The van der Waals surface area contributed by atoms with Gasteiger partial charge in [-0.1, -0.05) is 12.1 Å². The largest absolute Gasteiger partial charge is 0.478 e. The summed E-state index contributed by atoms with van der Waals surface area (Å²) in [7, 11) is -3.86. The second-order valence-corrected chi connectivity index (χ2v) is 7.96. The topological polar surface area (TPSA) is 101 Å². The molecule has 0 aliphatic carbocycles. The van der Waals surface area contributed by atoms with Crippen molar-refractivity contribution in [1.82, 2.24) is 9.78 Å². The number of nitrogens with one attached hydrogen (secondary N) is 1. The molecule has 0 atom stereocenters. The van der Waals surface area contributed by atoms with Crippen molar-refractivity contribution in [2.24, 2.45) is 0 Å². The molecule has 0 saturated heterocycles. The highest BCUT2D eigenvalue weighted by Gasteiger charge is 2.19. The number of carboxylic acids is 1. The minimum atomic E-state index is -3.86. The van der Waals surface area contributed by atoms with Crippen molar-refractivity contribution >= 4 is 37.6 Å². The Morgan fingerprint density at radius 2 is 1.92 bits per heavy atom. The van der Waals surface area contributed by atoms with Crippen LogP contribution in [0.3, 0.4) is 0 Å². The molecule has 1 aromatic heterocycles. The predicted molar refractivity (Wildman–Crippen MR) is 99.7 cm³/mol. The van der Waals surface area contributed by atoms with Gasteiger partial charge in [0.1, 0.15) is 4.90 Å². The van der Waals surface area contributed by atoms with Gasteiger partial charge in [-0.15, -0.1) is 0 Å². The number of nitrogens with zero attached hydrogens (tertiary/aromatic N) is 2. The van der Waals surface area contributed by atoms with Gasteiger partial charge < -0.3 is 5.11 Å². The van der Waals surface area contributed by atoms with E-state index in [0.717, 1.165) is 5.56 Å². The summed E-state index contributed by atoms with van der Waals surface area (Å²) in [6.07, 6.45) is 3.53. The van der Waals surface area contributed by atoms with Crippen LogP contribution in [-0.2, 0) is 16.6 Å². The second kappa shape index (κ2) is 7.30. The first-order chi connectivity index (χ1) is 12.3. The number of aromatic carboxylic acids is 1. The predicted octanol–water partition coefficient (Wildman–Crippen LogP) is 3.19. The van der Waals surface area contributed by atoms with E-state index < -0.39 is 16.0 Å². The van der Waals surface area contributed by atoms with Gasteiger partial charge in [0.2, 0.25) is 0 Å². The molecule has 3 aromatic rings. The Hall–Kier alpha value is -2.65. The molecule has 7 nitrogen and oxygen atoms in total. The van der Waals surface area contributed by atoms with Crippen molar-refractivity contribution in [3.63, 3.8) is 0 Å². The third-order valence-electron chi connectivity index (χ3n) is 3.58. The van der Waals surface area contributed by atoms with Crippen LogP contribution in [0.4, 0.5) is 5.69 Å². The Balaban J connectivity index is 1.78. The van der Waals surface area contributed by atoms with E-state index >= 15 is 0 Å². The molecule has 134 valence electrons. The van der Waals surface area contributed by atoms with Crippen molar-refractivity contribution in [2.75, 3.05) is 4.72 Å². The molecule has 26 heavy (non-hydrogen) atoms. The number of anilines is 1. The van der Waals surface area contributed by atoms with Crippen molar-refractivity contribution < 1.29 is 18.3 Å². The number of sulfonamides is 1. The quantitative estimate of drug-likeness (QED) is 0.618. The van der Waals surface area contributed by atoms with E-state index in [-0.39, 0.29) is 14.9 Å². The molecule has 0 aliphatic heterocycles. The first-order valence-electron chi connectivity index (χ1n) is 7.47. The molecule has 2 N–H and O–H groups in total. The highest BCUT2D eigenvalue weighted by atomic mass is 79.9. The summed E-state index contributed by atoms with van der Waals surface area (Å²) in [5, 5.41) is 13.1. The van der Waals surface area contributed by atoms with Crippen LogP contribution >= 0.6 is 15.9 Å². The summed E-state index contributed by atoms with van der Waals surface area (Å²) < 4.78 is 29.5. The molecule has 0 bridgehead atoms. The monoisotopic (exact) mass is 435 g/mol. The number of carboxylic acid groups (broad SMARTS) is 1. The van der Waals surface area contributed by atoms with Crippen LogP contribution in [0.25, 0.3) is 0 Å². The number of hydrogen-bond donors (Lipinski definition) is 2. The maximum absolute atomic E-state index is 12.5. The summed E-state index contributed by atoms with van der Waals surface area (Å²) in [4.78, 5) is 10.9. The number of aromatic nitrogens is 2. The highest BCUT2D eigenvalue weighted by molar-refractivity contribution is 9.10. The Morgan fingerprint density at radius 1 is 1.19 bits per heavy atom. The number of rotatable bonds is 6. The molecule has 3 rings (SSSR count). The summed E-state index contributed by atoms with van der Waals surface area (Å²) in [6, 6.07) is 12.5. The first kappa shape index (κ1) is 18.2. The van der Waals surface area contributed by atoms with Crippen molar-refractivity contribution in [3.8, 4) is 0 Å². The van der Waals surface area contributed by atoms with E-state index in [9.17, 15) is 13.2 Å². The van der Waals surface area contributed by atoms with E-state index in [1.165, 1.54) is 18.2 Å². The van der Waals surface area contributed by atoms with E-state index in [4.69, 9.17) is 5.11 Å². The van der Waals surface area contributed by atoms with Crippen molar-refractivity contribution in [2.45, 2.75) is 11.4 Å². The van der Waals surface area contributed by atoms with Crippen molar-refractivity contribution in [3.05, 3.63) is 76.5 Å². The molecule has 1 heterocycles. The van der Waals surface area contributed by atoms with Gasteiger partial charge in [-0.3, -0.25) is 9.40 Å². The van der Waals surface area contributed by atoms with Gasteiger partial charge in [0.25, 0.3) is 10.0 Å². The number of carbonyl (C=O) groups is 1. The summed E-state index contributed by atoms with van der Waals surface area (Å²) >= 11 is 3.12. The van der Waals surface area contributed by atoms with Gasteiger partial charge in [0, 0.05) is 22.6 Å². The smallest absolute Gasteiger partial charge is 0.335 e. The fourth-order valence-electron chi connectivity index (χ4n) is 2.32. The molecule has 0 radical (unpaired) electrons. The Morgan fingerprint density at radius 3 is 2.50 bits per heavy atom. The van der Waals surface area contributed by atoms with Crippen molar-refractivity contribution in [1.29, 1.82) is 0 Å². The Labute approximate surface area is 158 Å². The molecular weight excluding hydrogens is 422 g/mol. The lowest BCUT2D eigenvalue weighted by atomic mass is 10.2. The summed E-state index contributed by atoms with van der Waals surface area (Å²) in [6.45, 7) is 0.586. The SMILES string of the molecule is O=C(O)c1ccc(S(=O)(=O)Nc2ccc(Cn3cccn3)cc2)c(Br)c1. The third kappa shape index (κ3) is 4.12. The van der Waals surface area contributed by atoms with Crippen LogP contribution < -0.4 is 4.72 Å². The molecule has 2 aromatic carbocycles. The minimum absolute atomic E-state index is 0.00111. The average Bonchev–Trinajstić information content (AvgIpc) is 3.09. The van der Waals surface area contributed by atoms with E-state index in [2.05, 4.69) is 25.8 Å². The molecule has 0 saturated carbocycles. The molecule has 9 heteroatoms. The lowest BCUT2D eigenvalue weighted by Crippen LogP contribution is -2.14. The van der Waals surface area contributed by atoms with Crippen LogP contribution in [0.1, 0.15) is 15.9 Å². The molecule has 0 aliphatic rings. The number of hydrogen-bond acceptors (Lipinski definition) is 4. The van der Waals surface area contributed by atoms with E-state index in [0.29, 0.717) is 12.2 Å². The number of benzene rings is 2. The molecule has 0 fully saturated rings. The van der Waals surface area contributed by atoms with Crippen LogP contribution in [0.5, 0.6) is 0 Å². The van der Waals surface area contributed by atoms with Crippen LogP contribution in [0.15, 0.2) is 70.3 Å². The maximum atomic E-state index is 12.5. The lowest BCUT2D eigenvalue weighted by molar-refractivity contribution is 0.0696. The zero-order chi connectivity index (χ0) is 18.7. The lowest BCUT2D eigenvalue weighted by Gasteiger charge is -2.11. The summed E-state index contributed by atoms with van der Waals surface area (Å²) in [5.41, 5.74) is 1.38. The minimum Gasteiger partial charge on any atom is -0.478 e. The Kier molecular flexibility index (Phi) is 5.10. The van der Waals surface area contributed by atoms with Gasteiger partial charge in [-0.05, 0) is 57.9 Å². The third-order valence-corrected chi connectivity index (χ3v) is 5.94. The maximum Gasteiger partial charge on any atom is 0.335 e. The normalized spacial score (nSPS) is 11.3. The van der Waals surface area contributed by atoms with E-state index in [1.54, 1.807) is 23.0 Å². The molecule has 0 spiro atoms. The van der Waals surface area contributed by atoms with Crippen LogP contribution in [-0.4, -0.2) is 29.3 Å². The Bertz CT molecular complexity index is 1030. The second-order valence-electron chi connectivity index (χ2n) is 5.46. The average molecular weight is 436 g/mol. The zero-order valence-corrected chi connectivity index (χ0v) is 15.7. The van der Waals surface area contributed by atoms with Gasteiger partial charge >= 0.3 is 5.97 Å². The standard InChI is InChI=1S/C17H14BrN3O4S/c18-15-10-13(17(22)23)4-7-16(15)26(24,25)20-14-5-2-12(3-6-14)11-21-9-1-8-19-21/h1-10,20H,11H2,(H,22,23). The summed E-state index contributed by atoms with van der Waals surface area (Å²) in [5.74, 6) is -1.13. The van der Waals surface area contributed by atoms with Gasteiger partial charge in [-0.2, -0.15) is 5.10 Å². The van der Waals surface area contributed by atoms with Gasteiger partial charge in [-0.25, -0.2) is 13.2 Å². The fourth-order valence-corrected chi connectivity index (χ4v) is 4.46. The zero-order valence-electron chi connectivity index (χ0n) is 13.3. The van der Waals surface area contributed by atoms with Crippen LogP contribution in [0.2, 0.25) is 0 Å². The fraction of sp³-hybridized carbons (Fsp3) is 0.0588. The molecule has 0 amide bonds. The number of halogens is 1. The van der Waals surface area contributed by atoms with E-state index in [1.807, 2.05) is 24.4 Å². The van der Waals surface area contributed by atoms with Crippen LogP contribution in [0, 0.1) is 0 Å². The van der Waals surface area contributed by atoms with Gasteiger partial charge in [0.15, 0.2) is 0 Å². The van der Waals surface area contributed by atoms with Gasteiger partial charge in [0.05, 0.1) is 12.1 Å². The first-order valence-corrected chi connectivity index (χ1v) is 9.75. The molecule has 0 unspecified atom stereocenters.